The maximum atomic E-state index is 12.9. The van der Waals surface area contributed by atoms with Crippen LogP contribution in [0, 0.1) is 5.92 Å². The third-order valence-corrected chi connectivity index (χ3v) is 7.68. The largest absolute Gasteiger partial charge is 0.509 e. The predicted octanol–water partition coefficient (Wildman–Crippen LogP) is 3.95. The number of benzene rings is 1. The third-order valence-electron chi connectivity index (χ3n) is 7.68. The van der Waals surface area contributed by atoms with E-state index in [1.807, 2.05) is 6.07 Å². The molecule has 34 heavy (non-hydrogen) atoms. The van der Waals surface area contributed by atoms with Gasteiger partial charge in [-0.05, 0) is 77.0 Å². The molecule has 3 aliphatic carbocycles. The molecule has 8 heteroatoms. The lowest BCUT2D eigenvalue weighted by Crippen LogP contribution is -2.67. The molecule has 1 spiro atoms. The molecule has 5 rings (SSSR count). The highest BCUT2D eigenvalue weighted by Crippen LogP contribution is 2.67. The van der Waals surface area contributed by atoms with E-state index in [2.05, 4.69) is 6.07 Å². The molecule has 1 heterocycles. The first kappa shape index (κ1) is 23.0. The second-order valence-electron chi connectivity index (χ2n) is 10.8. The van der Waals surface area contributed by atoms with Crippen molar-refractivity contribution in [1.29, 1.82) is 0 Å². The zero-order chi connectivity index (χ0) is 24.5. The van der Waals surface area contributed by atoms with Crippen LogP contribution >= 0.6 is 0 Å². The molecular formula is C26H32O8. The van der Waals surface area contributed by atoms with Gasteiger partial charge in [-0.25, -0.2) is 9.59 Å². The predicted molar refractivity (Wildman–Crippen MR) is 121 cm³/mol. The lowest BCUT2D eigenvalue weighted by Gasteiger charge is -2.59. The van der Waals surface area contributed by atoms with E-state index in [0.717, 1.165) is 36.8 Å². The molecule has 0 unspecified atom stereocenters. The van der Waals surface area contributed by atoms with Gasteiger partial charge in [-0.1, -0.05) is 12.5 Å². The molecule has 2 bridgehead atoms. The minimum atomic E-state index is -1.17. The fraction of sp³-hybridized carbons (Fsp3) is 0.615. The fourth-order valence-electron chi connectivity index (χ4n) is 6.35. The molecule has 0 saturated heterocycles. The van der Waals surface area contributed by atoms with Crippen molar-refractivity contribution in [1.82, 2.24) is 0 Å². The number of carbonyl (C=O) groups excluding carboxylic acids is 2. The minimum absolute atomic E-state index is 0.0992. The maximum Gasteiger partial charge on any atom is 0.509 e. The number of methoxy groups -OCH3 is 1. The lowest BCUT2D eigenvalue weighted by atomic mass is 9.47. The summed E-state index contributed by atoms with van der Waals surface area (Å²) < 4.78 is 28.0. The topological polar surface area (TPSA) is 101 Å². The number of rotatable bonds is 4. The SMILES string of the molecule is COc1ccc2c3c1O[C@H]1C(OC(=O)[C@H](C)OC(=O)OC(C)(C)C)=CC[C@@]4(O)[C@H](CCC[C@]314)C2. The molecule has 1 aromatic carbocycles. The molecule has 8 nitrogen and oxygen atoms in total. The van der Waals surface area contributed by atoms with Crippen LogP contribution in [0.25, 0.3) is 0 Å². The number of hydrogen-bond donors (Lipinski definition) is 1. The molecule has 0 aromatic heterocycles. The molecule has 5 atom stereocenters. The fourth-order valence-corrected chi connectivity index (χ4v) is 6.35. The first-order chi connectivity index (χ1) is 16.0. The Kier molecular flexibility index (Phi) is 5.17. The van der Waals surface area contributed by atoms with Crippen molar-refractivity contribution in [2.24, 2.45) is 5.92 Å². The van der Waals surface area contributed by atoms with Crippen molar-refractivity contribution in [3.63, 3.8) is 0 Å². The Morgan fingerprint density at radius 2 is 2.03 bits per heavy atom. The summed E-state index contributed by atoms with van der Waals surface area (Å²) in [6, 6.07) is 3.96. The zero-order valence-corrected chi connectivity index (χ0v) is 20.3. The summed E-state index contributed by atoms with van der Waals surface area (Å²) >= 11 is 0. The van der Waals surface area contributed by atoms with Crippen LogP contribution in [0.5, 0.6) is 11.5 Å². The Labute approximate surface area is 199 Å². The van der Waals surface area contributed by atoms with E-state index >= 15 is 0 Å². The monoisotopic (exact) mass is 472 g/mol. The summed E-state index contributed by atoms with van der Waals surface area (Å²) in [7, 11) is 1.59. The van der Waals surface area contributed by atoms with Crippen LogP contribution in [0.2, 0.25) is 0 Å². The van der Waals surface area contributed by atoms with Crippen LogP contribution < -0.4 is 9.47 Å². The summed E-state index contributed by atoms with van der Waals surface area (Å²) in [5.74, 6) is 0.920. The molecule has 1 saturated carbocycles. The van der Waals surface area contributed by atoms with Gasteiger partial charge in [0.15, 0.2) is 23.7 Å². The summed E-state index contributed by atoms with van der Waals surface area (Å²) in [6.45, 7) is 6.57. The second-order valence-corrected chi connectivity index (χ2v) is 10.8. The van der Waals surface area contributed by atoms with Gasteiger partial charge in [0.25, 0.3) is 0 Å². The zero-order valence-electron chi connectivity index (χ0n) is 20.3. The average Bonchev–Trinajstić information content (AvgIpc) is 3.08. The second kappa shape index (κ2) is 7.63. The van der Waals surface area contributed by atoms with Crippen molar-refractivity contribution in [2.45, 2.75) is 88.6 Å². The number of ether oxygens (including phenoxy) is 5. The molecule has 1 fully saturated rings. The van der Waals surface area contributed by atoms with Crippen molar-refractivity contribution in [3.8, 4) is 11.5 Å². The van der Waals surface area contributed by atoms with Gasteiger partial charge in [-0.15, -0.1) is 0 Å². The average molecular weight is 473 g/mol. The third kappa shape index (κ3) is 3.21. The molecule has 0 radical (unpaired) electrons. The van der Waals surface area contributed by atoms with E-state index in [1.165, 1.54) is 6.92 Å². The van der Waals surface area contributed by atoms with Gasteiger partial charge in [0.1, 0.15) is 11.4 Å². The highest BCUT2D eigenvalue weighted by atomic mass is 16.7. The Bertz CT molecular complexity index is 1070. The standard InChI is InChI=1S/C26H32O8/c1-14(31-23(28)34-24(2,3)4)22(27)32-18-10-12-26(29)16-7-6-11-25(26)19-15(13-16)8-9-17(30-5)20(19)33-21(18)25/h8-10,14,16,21,29H,6-7,11-13H2,1-5H3/t14-,16+,21-,25-,26+/m0/s1. The smallest absolute Gasteiger partial charge is 0.493 e. The van der Waals surface area contributed by atoms with Crippen molar-refractivity contribution in [3.05, 3.63) is 35.1 Å². The first-order valence-corrected chi connectivity index (χ1v) is 11.9. The number of esters is 1. The van der Waals surface area contributed by atoms with E-state index in [0.29, 0.717) is 23.7 Å². The van der Waals surface area contributed by atoms with E-state index in [4.69, 9.17) is 23.7 Å². The quantitative estimate of drug-likeness (QED) is 0.658. The lowest BCUT2D eigenvalue weighted by molar-refractivity contribution is -0.165. The Balaban J connectivity index is 1.45. The Morgan fingerprint density at radius 1 is 1.26 bits per heavy atom. The van der Waals surface area contributed by atoms with Gasteiger partial charge in [-0.3, -0.25) is 0 Å². The van der Waals surface area contributed by atoms with Crippen LogP contribution in [-0.2, 0) is 30.8 Å². The first-order valence-electron chi connectivity index (χ1n) is 11.9. The number of aliphatic hydroxyl groups is 1. The van der Waals surface area contributed by atoms with Crippen LogP contribution in [-0.4, -0.2) is 47.8 Å². The van der Waals surface area contributed by atoms with E-state index in [9.17, 15) is 14.7 Å². The Hall–Kier alpha value is -2.74. The summed E-state index contributed by atoms with van der Waals surface area (Å²) in [6.07, 6.45) is 2.72. The van der Waals surface area contributed by atoms with Crippen LogP contribution in [0.4, 0.5) is 4.79 Å². The Morgan fingerprint density at radius 3 is 2.74 bits per heavy atom. The molecule has 184 valence electrons. The highest BCUT2D eigenvalue weighted by molar-refractivity contribution is 5.78. The van der Waals surface area contributed by atoms with E-state index in [1.54, 1.807) is 34.0 Å². The van der Waals surface area contributed by atoms with Gasteiger partial charge >= 0.3 is 12.1 Å². The van der Waals surface area contributed by atoms with Crippen LogP contribution in [0.3, 0.4) is 0 Å². The van der Waals surface area contributed by atoms with Gasteiger partial charge in [0.2, 0.25) is 0 Å². The number of hydrogen-bond acceptors (Lipinski definition) is 8. The molecule has 1 aromatic rings. The summed E-state index contributed by atoms with van der Waals surface area (Å²) in [4.78, 5) is 24.9. The molecule has 0 amide bonds. The highest BCUT2D eigenvalue weighted by Gasteiger charge is 2.71. The van der Waals surface area contributed by atoms with Crippen LogP contribution in [0.15, 0.2) is 24.0 Å². The van der Waals surface area contributed by atoms with Crippen LogP contribution in [0.1, 0.15) is 64.5 Å². The summed E-state index contributed by atoms with van der Waals surface area (Å²) in [5, 5.41) is 12.1. The molecule has 1 N–H and O–H groups in total. The van der Waals surface area contributed by atoms with Gasteiger partial charge in [0, 0.05) is 5.56 Å². The van der Waals surface area contributed by atoms with Gasteiger partial charge in [-0.2, -0.15) is 0 Å². The molecule has 4 aliphatic rings. The number of carbonyl (C=O) groups is 2. The van der Waals surface area contributed by atoms with Gasteiger partial charge < -0.3 is 28.8 Å². The van der Waals surface area contributed by atoms with Crippen molar-refractivity contribution in [2.75, 3.05) is 7.11 Å². The van der Waals surface area contributed by atoms with E-state index < -0.39 is 40.9 Å². The van der Waals surface area contributed by atoms with Gasteiger partial charge in [0.05, 0.1) is 18.1 Å². The van der Waals surface area contributed by atoms with Crippen molar-refractivity contribution < 1.29 is 38.4 Å². The molecular weight excluding hydrogens is 440 g/mol. The van der Waals surface area contributed by atoms with E-state index in [-0.39, 0.29) is 5.92 Å². The normalized spacial score (nSPS) is 31.4. The maximum absolute atomic E-state index is 12.9. The molecule has 1 aliphatic heterocycles. The minimum Gasteiger partial charge on any atom is -0.493 e. The van der Waals surface area contributed by atoms with Crippen molar-refractivity contribution >= 4 is 12.1 Å². The summed E-state index contributed by atoms with van der Waals surface area (Å²) in [5.41, 5.74) is -0.311.